The Morgan fingerprint density at radius 1 is 1.32 bits per heavy atom. The molecule has 2 unspecified atom stereocenters. The van der Waals surface area contributed by atoms with Gasteiger partial charge in [-0.3, -0.25) is 0 Å². The average molecular weight is 323 g/mol. The first-order chi connectivity index (χ1) is 8.82. The molecule has 0 aliphatic carbocycles. The summed E-state index contributed by atoms with van der Waals surface area (Å²) in [6.07, 6.45) is 3.18. The molecule has 0 bridgehead atoms. The van der Waals surface area contributed by atoms with Gasteiger partial charge in [-0.2, -0.15) is 4.31 Å². The van der Waals surface area contributed by atoms with Crippen LogP contribution in [-0.2, 0) is 10.0 Å². The minimum absolute atomic E-state index is 0.00402. The molecule has 0 saturated carbocycles. The molecule has 0 spiro atoms. The van der Waals surface area contributed by atoms with Gasteiger partial charge in [0.25, 0.3) is 0 Å². The van der Waals surface area contributed by atoms with Crippen LogP contribution in [0.25, 0.3) is 0 Å². The number of halogens is 2. The Kier molecular flexibility index (Phi) is 4.40. The van der Waals surface area contributed by atoms with Gasteiger partial charge in [0.1, 0.15) is 10.0 Å². The van der Waals surface area contributed by atoms with Crippen LogP contribution in [0.1, 0.15) is 26.7 Å². The van der Waals surface area contributed by atoms with E-state index in [2.05, 4.69) is 11.9 Å². The molecular formula is C12H16Cl2N2O2S. The largest absolute Gasteiger partial charge is 0.244 e. The smallest absolute Gasteiger partial charge is 0.242 e. The monoisotopic (exact) mass is 322 g/mol. The van der Waals surface area contributed by atoms with E-state index in [-0.39, 0.29) is 21.1 Å². The molecule has 19 heavy (non-hydrogen) atoms. The molecule has 1 aromatic heterocycles. The van der Waals surface area contributed by atoms with Gasteiger partial charge < -0.3 is 0 Å². The molecule has 4 nitrogen and oxygen atoms in total. The molecule has 2 heterocycles. The zero-order chi connectivity index (χ0) is 14.2. The Hall–Kier alpha value is -0.360. The summed E-state index contributed by atoms with van der Waals surface area (Å²) in [4.78, 5) is 3.91. The molecule has 0 aromatic carbocycles. The number of aromatic nitrogens is 1. The summed E-state index contributed by atoms with van der Waals surface area (Å²) in [7, 11) is -3.56. The Labute approximate surface area is 123 Å². The van der Waals surface area contributed by atoms with Crippen molar-refractivity contribution in [3.8, 4) is 0 Å². The summed E-state index contributed by atoms with van der Waals surface area (Å²) < 4.78 is 26.7. The lowest BCUT2D eigenvalue weighted by molar-refractivity contribution is 0.218. The molecule has 1 aliphatic heterocycles. The third kappa shape index (κ3) is 3.05. The van der Waals surface area contributed by atoms with E-state index in [9.17, 15) is 8.42 Å². The second kappa shape index (κ2) is 5.56. The average Bonchev–Trinajstić information content (AvgIpc) is 2.35. The molecule has 1 fully saturated rings. The Morgan fingerprint density at radius 2 is 2.00 bits per heavy atom. The molecule has 7 heteroatoms. The molecule has 0 radical (unpaired) electrons. The van der Waals surface area contributed by atoms with Crippen molar-refractivity contribution >= 4 is 33.2 Å². The lowest BCUT2D eigenvalue weighted by Crippen LogP contribution is -2.44. The number of nitrogens with zero attached hydrogens (tertiary/aromatic N) is 2. The lowest BCUT2D eigenvalue weighted by Gasteiger charge is -2.35. The molecule has 2 atom stereocenters. The molecule has 1 aromatic rings. The highest BCUT2D eigenvalue weighted by molar-refractivity contribution is 7.89. The zero-order valence-corrected chi connectivity index (χ0v) is 13.1. The first-order valence-corrected chi connectivity index (χ1v) is 8.35. The molecule has 106 valence electrons. The van der Waals surface area contributed by atoms with E-state index >= 15 is 0 Å². The number of sulfonamides is 1. The molecule has 2 rings (SSSR count). The maximum Gasteiger partial charge on any atom is 0.244 e. The summed E-state index contributed by atoms with van der Waals surface area (Å²) in [5.41, 5.74) is 0. The zero-order valence-electron chi connectivity index (χ0n) is 10.8. The van der Waals surface area contributed by atoms with Crippen molar-refractivity contribution < 1.29 is 8.42 Å². The summed E-state index contributed by atoms with van der Waals surface area (Å²) in [6.45, 7) is 4.51. The van der Waals surface area contributed by atoms with Crippen LogP contribution < -0.4 is 0 Å². The van der Waals surface area contributed by atoms with Crippen molar-refractivity contribution in [3.63, 3.8) is 0 Å². The summed E-state index contributed by atoms with van der Waals surface area (Å²) in [6, 6.07) is 1.36. The lowest BCUT2D eigenvalue weighted by atomic mass is 9.97. The first-order valence-electron chi connectivity index (χ1n) is 6.15. The summed E-state index contributed by atoms with van der Waals surface area (Å²) >= 11 is 11.6. The van der Waals surface area contributed by atoms with Gasteiger partial charge in [-0.1, -0.05) is 30.1 Å². The van der Waals surface area contributed by atoms with Gasteiger partial charge in [-0.15, -0.1) is 0 Å². The number of pyridine rings is 1. The van der Waals surface area contributed by atoms with Crippen LogP contribution in [0.15, 0.2) is 17.2 Å². The second-order valence-electron chi connectivity index (χ2n) is 5.05. The fourth-order valence-corrected chi connectivity index (χ4v) is 4.35. The highest BCUT2D eigenvalue weighted by Gasteiger charge is 2.33. The van der Waals surface area contributed by atoms with Crippen LogP contribution in [0.2, 0.25) is 10.2 Å². The molecular weight excluding hydrogens is 307 g/mol. The fourth-order valence-electron chi connectivity index (χ4n) is 2.26. The minimum atomic E-state index is -3.56. The van der Waals surface area contributed by atoms with Gasteiger partial charge >= 0.3 is 0 Å². The van der Waals surface area contributed by atoms with E-state index in [4.69, 9.17) is 23.2 Å². The fraction of sp³-hybridized carbons (Fsp3) is 0.583. The van der Waals surface area contributed by atoms with Crippen molar-refractivity contribution in [2.24, 2.45) is 5.92 Å². The van der Waals surface area contributed by atoms with Crippen LogP contribution in [0.4, 0.5) is 0 Å². The standard InChI is InChI=1S/C12H16Cl2N2O2S/c1-8-3-4-9(2)16(7-8)19(17,18)10-5-11(13)12(14)15-6-10/h5-6,8-9H,3-4,7H2,1-2H3. The number of rotatable bonds is 2. The minimum Gasteiger partial charge on any atom is -0.242 e. The second-order valence-corrected chi connectivity index (χ2v) is 7.71. The predicted octanol–water partition coefficient (Wildman–Crippen LogP) is 3.20. The maximum atomic E-state index is 12.6. The topological polar surface area (TPSA) is 50.3 Å². The first kappa shape index (κ1) is 15.0. The van der Waals surface area contributed by atoms with E-state index in [1.54, 1.807) is 0 Å². The third-order valence-corrected chi connectivity index (χ3v) is 6.07. The van der Waals surface area contributed by atoms with E-state index in [0.29, 0.717) is 12.5 Å². The SMILES string of the molecule is CC1CCC(C)N(S(=O)(=O)c2cnc(Cl)c(Cl)c2)C1. The van der Waals surface area contributed by atoms with Gasteiger partial charge in [-0.05, 0) is 31.7 Å². The Morgan fingerprint density at radius 3 is 2.63 bits per heavy atom. The Bertz CT molecular complexity index is 577. The maximum absolute atomic E-state index is 12.6. The van der Waals surface area contributed by atoms with E-state index < -0.39 is 10.0 Å². The number of piperidine rings is 1. The van der Waals surface area contributed by atoms with Crippen molar-refractivity contribution in [3.05, 3.63) is 22.4 Å². The normalized spacial score (nSPS) is 25.5. The van der Waals surface area contributed by atoms with Gasteiger partial charge in [0.2, 0.25) is 10.0 Å². The highest BCUT2D eigenvalue weighted by Crippen LogP contribution is 2.29. The van der Waals surface area contributed by atoms with Gasteiger partial charge in [0, 0.05) is 18.8 Å². The van der Waals surface area contributed by atoms with E-state index in [1.807, 2.05) is 6.92 Å². The van der Waals surface area contributed by atoms with Crippen LogP contribution in [-0.4, -0.2) is 30.3 Å². The van der Waals surface area contributed by atoms with Crippen LogP contribution >= 0.6 is 23.2 Å². The highest BCUT2D eigenvalue weighted by atomic mass is 35.5. The molecule has 1 aliphatic rings. The van der Waals surface area contributed by atoms with Gasteiger partial charge in [0.05, 0.1) is 5.02 Å². The van der Waals surface area contributed by atoms with E-state index in [0.717, 1.165) is 12.8 Å². The number of hydrogen-bond acceptors (Lipinski definition) is 3. The summed E-state index contributed by atoms with van der Waals surface area (Å²) in [5, 5.41) is 0.265. The molecule has 0 N–H and O–H groups in total. The van der Waals surface area contributed by atoms with E-state index in [1.165, 1.54) is 16.6 Å². The summed E-state index contributed by atoms with van der Waals surface area (Å²) in [5.74, 6) is 0.363. The van der Waals surface area contributed by atoms with Gasteiger partial charge in [0.15, 0.2) is 0 Å². The predicted molar refractivity (Wildman–Crippen MR) is 76.0 cm³/mol. The van der Waals surface area contributed by atoms with Crippen molar-refractivity contribution in [1.82, 2.24) is 9.29 Å². The number of hydrogen-bond donors (Lipinski definition) is 0. The molecule has 1 saturated heterocycles. The van der Waals surface area contributed by atoms with Gasteiger partial charge in [-0.25, -0.2) is 13.4 Å². The van der Waals surface area contributed by atoms with Crippen LogP contribution in [0.5, 0.6) is 0 Å². The van der Waals surface area contributed by atoms with Crippen molar-refractivity contribution in [2.45, 2.75) is 37.6 Å². The molecule has 0 amide bonds. The van der Waals surface area contributed by atoms with Crippen molar-refractivity contribution in [1.29, 1.82) is 0 Å². The van der Waals surface area contributed by atoms with Crippen LogP contribution in [0, 0.1) is 5.92 Å². The quantitative estimate of drug-likeness (QED) is 0.785. The Balaban J connectivity index is 2.38. The van der Waals surface area contributed by atoms with Crippen molar-refractivity contribution in [2.75, 3.05) is 6.54 Å². The third-order valence-electron chi connectivity index (χ3n) is 3.44. The van der Waals surface area contributed by atoms with Crippen LogP contribution in [0.3, 0.4) is 0 Å².